The van der Waals surface area contributed by atoms with Gasteiger partial charge < -0.3 is 10.1 Å². The highest BCUT2D eigenvalue weighted by Gasteiger charge is 2.22. The Bertz CT molecular complexity index is 189. The van der Waals surface area contributed by atoms with E-state index in [1.54, 1.807) is 0 Å². The molecule has 0 aromatic heterocycles. The van der Waals surface area contributed by atoms with Crippen molar-refractivity contribution in [1.82, 2.24) is 5.32 Å². The summed E-state index contributed by atoms with van der Waals surface area (Å²) in [5, 5.41) is 3.76. The first-order chi connectivity index (χ1) is 7.88. The van der Waals surface area contributed by atoms with E-state index < -0.39 is 0 Å². The molecule has 0 unspecified atom stereocenters. The third kappa shape index (κ3) is 3.74. The van der Waals surface area contributed by atoms with E-state index in [1.807, 2.05) is 0 Å². The molecule has 0 bridgehead atoms. The lowest BCUT2D eigenvalue weighted by atomic mass is 9.80. The highest BCUT2D eigenvalue weighted by atomic mass is 16.5. The molecular formula is C14H27NO. The van der Waals surface area contributed by atoms with E-state index in [1.165, 1.54) is 51.5 Å². The van der Waals surface area contributed by atoms with Crippen LogP contribution in [-0.2, 0) is 4.74 Å². The number of nitrogens with one attached hydrogen (secondary N) is 1. The molecule has 0 aromatic carbocycles. The van der Waals surface area contributed by atoms with Crippen molar-refractivity contribution in [3.8, 4) is 0 Å². The highest BCUT2D eigenvalue weighted by molar-refractivity contribution is 4.77. The molecule has 2 nitrogen and oxygen atoms in total. The Labute approximate surface area is 100 Å². The van der Waals surface area contributed by atoms with Crippen LogP contribution in [0.1, 0.15) is 51.9 Å². The summed E-state index contributed by atoms with van der Waals surface area (Å²) in [5.41, 5.74) is 0. The molecule has 1 aliphatic heterocycles. The Morgan fingerprint density at radius 3 is 2.56 bits per heavy atom. The Balaban J connectivity index is 1.64. The zero-order valence-corrected chi connectivity index (χ0v) is 10.7. The van der Waals surface area contributed by atoms with Crippen LogP contribution in [0.2, 0.25) is 0 Å². The molecule has 1 saturated carbocycles. The fraction of sp³-hybridized carbons (Fsp3) is 1.00. The van der Waals surface area contributed by atoms with Crippen LogP contribution in [0.15, 0.2) is 0 Å². The van der Waals surface area contributed by atoms with Crippen molar-refractivity contribution in [3.05, 3.63) is 0 Å². The van der Waals surface area contributed by atoms with Crippen LogP contribution >= 0.6 is 0 Å². The van der Waals surface area contributed by atoms with E-state index in [2.05, 4.69) is 12.2 Å². The average Bonchev–Trinajstić information content (AvgIpc) is 2.38. The van der Waals surface area contributed by atoms with Crippen molar-refractivity contribution in [2.45, 2.75) is 57.9 Å². The minimum absolute atomic E-state index is 0.732. The second-order valence-electron chi connectivity index (χ2n) is 5.60. The largest absolute Gasteiger partial charge is 0.381 e. The summed E-state index contributed by atoms with van der Waals surface area (Å²) in [7, 11) is 0. The van der Waals surface area contributed by atoms with Gasteiger partial charge in [0.1, 0.15) is 0 Å². The first-order valence-corrected chi connectivity index (χ1v) is 7.19. The lowest BCUT2D eigenvalue weighted by Gasteiger charge is -2.31. The normalized spacial score (nSPS) is 32.8. The maximum atomic E-state index is 5.39. The first-order valence-electron chi connectivity index (χ1n) is 7.19. The Morgan fingerprint density at radius 2 is 1.81 bits per heavy atom. The Morgan fingerprint density at radius 1 is 1.06 bits per heavy atom. The summed E-state index contributed by atoms with van der Waals surface area (Å²) in [5.74, 6) is 1.96. The van der Waals surface area contributed by atoms with E-state index in [0.29, 0.717) is 0 Å². The maximum Gasteiger partial charge on any atom is 0.0480 e. The second-order valence-corrected chi connectivity index (χ2v) is 5.60. The third-order valence-electron chi connectivity index (χ3n) is 4.39. The SMILES string of the molecule is CC[C@H]1CCC[C@@H](CNC2CCOCC2)C1. The second kappa shape index (κ2) is 6.61. The number of ether oxygens (including phenoxy) is 1. The molecule has 2 heteroatoms. The molecule has 2 atom stereocenters. The van der Waals surface area contributed by atoms with E-state index in [0.717, 1.165) is 31.1 Å². The molecule has 16 heavy (non-hydrogen) atoms. The lowest BCUT2D eigenvalue weighted by Crippen LogP contribution is -2.38. The summed E-state index contributed by atoms with van der Waals surface area (Å²) >= 11 is 0. The van der Waals surface area contributed by atoms with Crippen molar-refractivity contribution in [2.75, 3.05) is 19.8 Å². The van der Waals surface area contributed by atoms with Crippen molar-refractivity contribution in [1.29, 1.82) is 0 Å². The quantitative estimate of drug-likeness (QED) is 0.794. The predicted molar refractivity (Wildman–Crippen MR) is 67.6 cm³/mol. The molecule has 2 aliphatic rings. The van der Waals surface area contributed by atoms with Gasteiger partial charge in [-0.3, -0.25) is 0 Å². The van der Waals surface area contributed by atoms with Gasteiger partial charge in [0.2, 0.25) is 0 Å². The highest BCUT2D eigenvalue weighted by Crippen LogP contribution is 2.30. The molecule has 0 aromatic rings. The van der Waals surface area contributed by atoms with Gasteiger partial charge in [0.05, 0.1) is 0 Å². The van der Waals surface area contributed by atoms with Crippen LogP contribution in [0.5, 0.6) is 0 Å². The monoisotopic (exact) mass is 225 g/mol. The fourth-order valence-corrected chi connectivity index (χ4v) is 3.19. The predicted octanol–water partition coefficient (Wildman–Crippen LogP) is 2.97. The van der Waals surface area contributed by atoms with Crippen LogP contribution in [0.25, 0.3) is 0 Å². The van der Waals surface area contributed by atoms with Crippen LogP contribution in [0, 0.1) is 11.8 Å². The van der Waals surface area contributed by atoms with Gasteiger partial charge in [0.15, 0.2) is 0 Å². The molecule has 0 amide bonds. The van der Waals surface area contributed by atoms with Gasteiger partial charge in [-0.25, -0.2) is 0 Å². The molecule has 2 fully saturated rings. The average molecular weight is 225 g/mol. The van der Waals surface area contributed by atoms with Gasteiger partial charge in [-0.05, 0) is 44.1 Å². The van der Waals surface area contributed by atoms with Crippen LogP contribution in [0.3, 0.4) is 0 Å². The molecule has 0 radical (unpaired) electrons. The van der Waals surface area contributed by atoms with Crippen molar-refractivity contribution in [3.63, 3.8) is 0 Å². The van der Waals surface area contributed by atoms with E-state index >= 15 is 0 Å². The standard InChI is InChI=1S/C14H27NO/c1-2-12-4-3-5-13(10-12)11-15-14-6-8-16-9-7-14/h12-15H,2-11H2,1H3/t12-,13+/m0/s1. The van der Waals surface area contributed by atoms with Crippen molar-refractivity contribution >= 4 is 0 Å². The number of rotatable bonds is 4. The Kier molecular flexibility index (Phi) is 5.11. The van der Waals surface area contributed by atoms with Crippen molar-refractivity contribution < 1.29 is 4.74 Å². The summed E-state index contributed by atoms with van der Waals surface area (Å²) in [6.07, 6.45) is 9.66. The zero-order chi connectivity index (χ0) is 11.2. The lowest BCUT2D eigenvalue weighted by molar-refractivity contribution is 0.0757. The van der Waals surface area contributed by atoms with Gasteiger partial charge in [0, 0.05) is 19.3 Å². The molecular weight excluding hydrogens is 198 g/mol. The van der Waals surface area contributed by atoms with E-state index in [9.17, 15) is 0 Å². The third-order valence-corrected chi connectivity index (χ3v) is 4.39. The minimum Gasteiger partial charge on any atom is -0.381 e. The summed E-state index contributed by atoms with van der Waals surface area (Å²) < 4.78 is 5.39. The van der Waals surface area contributed by atoms with Gasteiger partial charge in [-0.2, -0.15) is 0 Å². The number of hydrogen-bond acceptors (Lipinski definition) is 2. The Hall–Kier alpha value is -0.0800. The molecule has 1 saturated heterocycles. The molecule has 2 rings (SSSR count). The smallest absolute Gasteiger partial charge is 0.0480 e. The van der Waals surface area contributed by atoms with Gasteiger partial charge in [-0.1, -0.05) is 26.2 Å². The number of hydrogen-bond donors (Lipinski definition) is 1. The topological polar surface area (TPSA) is 21.3 Å². The maximum absolute atomic E-state index is 5.39. The minimum atomic E-state index is 0.732. The van der Waals surface area contributed by atoms with Crippen LogP contribution in [0.4, 0.5) is 0 Å². The van der Waals surface area contributed by atoms with Crippen LogP contribution in [-0.4, -0.2) is 25.8 Å². The summed E-state index contributed by atoms with van der Waals surface area (Å²) in [4.78, 5) is 0. The fourth-order valence-electron chi connectivity index (χ4n) is 3.19. The van der Waals surface area contributed by atoms with E-state index in [-0.39, 0.29) is 0 Å². The van der Waals surface area contributed by atoms with Crippen LogP contribution < -0.4 is 5.32 Å². The summed E-state index contributed by atoms with van der Waals surface area (Å²) in [6, 6.07) is 0.732. The summed E-state index contributed by atoms with van der Waals surface area (Å²) in [6.45, 7) is 5.51. The van der Waals surface area contributed by atoms with E-state index in [4.69, 9.17) is 4.74 Å². The molecule has 1 aliphatic carbocycles. The first kappa shape index (κ1) is 12.4. The molecule has 94 valence electrons. The van der Waals surface area contributed by atoms with Gasteiger partial charge in [-0.15, -0.1) is 0 Å². The van der Waals surface area contributed by atoms with Gasteiger partial charge in [0.25, 0.3) is 0 Å². The van der Waals surface area contributed by atoms with Crippen molar-refractivity contribution in [2.24, 2.45) is 11.8 Å². The molecule has 1 N–H and O–H groups in total. The molecule has 0 spiro atoms. The van der Waals surface area contributed by atoms with Gasteiger partial charge >= 0.3 is 0 Å². The zero-order valence-electron chi connectivity index (χ0n) is 10.7. The molecule has 1 heterocycles.